The number of fused-ring (bicyclic) bond motifs is 1. The quantitative estimate of drug-likeness (QED) is 0.542. The molecule has 5 heteroatoms. The first-order valence-electron chi connectivity index (χ1n) is 7.09. The third kappa shape index (κ3) is 2.56. The molecule has 4 aromatic rings. The van der Waals surface area contributed by atoms with Crippen molar-refractivity contribution in [1.82, 2.24) is 9.97 Å². The standard InChI is InChI=1S/C18H12ClN3S/c19-12-6-7-15-13(10-12)16(11-4-2-1-3-5-11)17(23-15)14-8-9-21-18(20)22-14/h1-10H,(H2,20,21,22). The van der Waals surface area contributed by atoms with Crippen LogP contribution in [-0.4, -0.2) is 9.97 Å². The van der Waals surface area contributed by atoms with Crippen LogP contribution in [0, 0.1) is 0 Å². The van der Waals surface area contributed by atoms with Gasteiger partial charge < -0.3 is 5.73 Å². The zero-order chi connectivity index (χ0) is 15.8. The second kappa shape index (κ2) is 5.65. The molecule has 0 atom stereocenters. The fraction of sp³-hybridized carbons (Fsp3) is 0. The molecule has 2 aromatic heterocycles. The van der Waals surface area contributed by atoms with E-state index < -0.39 is 0 Å². The zero-order valence-corrected chi connectivity index (χ0v) is 13.6. The second-order valence-corrected chi connectivity index (χ2v) is 6.60. The van der Waals surface area contributed by atoms with Gasteiger partial charge >= 0.3 is 0 Å². The van der Waals surface area contributed by atoms with Crippen LogP contribution in [0.25, 0.3) is 31.8 Å². The average molecular weight is 338 g/mol. The number of halogens is 1. The lowest BCUT2D eigenvalue weighted by atomic mass is 10.0. The van der Waals surface area contributed by atoms with E-state index in [1.165, 1.54) is 4.70 Å². The SMILES string of the molecule is Nc1nccc(-c2sc3ccc(Cl)cc3c2-c2ccccc2)n1. The van der Waals surface area contributed by atoms with Crippen molar-refractivity contribution in [2.45, 2.75) is 0 Å². The van der Waals surface area contributed by atoms with Crippen LogP contribution in [0.5, 0.6) is 0 Å². The van der Waals surface area contributed by atoms with Gasteiger partial charge in [0.15, 0.2) is 0 Å². The Morgan fingerprint density at radius 3 is 2.61 bits per heavy atom. The molecule has 0 radical (unpaired) electrons. The predicted octanol–water partition coefficient (Wildman–Crippen LogP) is 5.26. The van der Waals surface area contributed by atoms with Crippen molar-refractivity contribution in [1.29, 1.82) is 0 Å². The number of nitrogens with two attached hydrogens (primary N) is 1. The number of anilines is 1. The summed E-state index contributed by atoms with van der Waals surface area (Å²) >= 11 is 7.90. The number of hydrogen-bond acceptors (Lipinski definition) is 4. The Kier molecular flexibility index (Phi) is 3.48. The van der Waals surface area contributed by atoms with Crippen LogP contribution in [0.4, 0.5) is 5.95 Å². The fourth-order valence-corrected chi connectivity index (χ4v) is 3.99. The van der Waals surface area contributed by atoms with Crippen LogP contribution in [0.15, 0.2) is 60.8 Å². The summed E-state index contributed by atoms with van der Waals surface area (Å²) in [7, 11) is 0. The highest BCUT2D eigenvalue weighted by Crippen LogP contribution is 2.44. The minimum atomic E-state index is 0.275. The van der Waals surface area contributed by atoms with Crippen LogP contribution in [0.1, 0.15) is 0 Å². The Labute approximate surface area is 142 Å². The van der Waals surface area contributed by atoms with E-state index in [2.05, 4.69) is 22.1 Å². The fourth-order valence-electron chi connectivity index (χ4n) is 2.64. The summed E-state index contributed by atoms with van der Waals surface area (Å²) in [6.07, 6.45) is 1.68. The molecule has 2 N–H and O–H groups in total. The molecular formula is C18H12ClN3S. The van der Waals surface area contributed by atoms with E-state index in [0.717, 1.165) is 32.1 Å². The molecule has 112 valence electrons. The van der Waals surface area contributed by atoms with Crippen LogP contribution in [0.2, 0.25) is 5.02 Å². The van der Waals surface area contributed by atoms with Gasteiger partial charge in [-0.25, -0.2) is 9.97 Å². The van der Waals surface area contributed by atoms with Gasteiger partial charge in [-0.05, 0) is 29.8 Å². The van der Waals surface area contributed by atoms with Gasteiger partial charge in [0.1, 0.15) is 0 Å². The third-order valence-electron chi connectivity index (χ3n) is 3.62. The molecule has 2 aromatic carbocycles. The predicted molar refractivity (Wildman–Crippen MR) is 97.7 cm³/mol. The molecule has 0 fully saturated rings. The highest BCUT2D eigenvalue weighted by atomic mass is 35.5. The molecular weight excluding hydrogens is 326 g/mol. The van der Waals surface area contributed by atoms with E-state index in [9.17, 15) is 0 Å². The zero-order valence-electron chi connectivity index (χ0n) is 12.0. The normalized spacial score (nSPS) is 11.0. The van der Waals surface area contributed by atoms with E-state index in [4.69, 9.17) is 17.3 Å². The maximum absolute atomic E-state index is 6.22. The van der Waals surface area contributed by atoms with Gasteiger partial charge in [-0.2, -0.15) is 0 Å². The first kappa shape index (κ1) is 14.2. The van der Waals surface area contributed by atoms with E-state index in [-0.39, 0.29) is 5.95 Å². The number of aromatic nitrogens is 2. The second-order valence-electron chi connectivity index (χ2n) is 5.11. The van der Waals surface area contributed by atoms with Crippen molar-refractivity contribution >= 4 is 39.0 Å². The van der Waals surface area contributed by atoms with Crippen molar-refractivity contribution in [2.75, 3.05) is 5.73 Å². The minimum absolute atomic E-state index is 0.275. The van der Waals surface area contributed by atoms with Crippen LogP contribution in [0.3, 0.4) is 0 Å². The highest BCUT2D eigenvalue weighted by Gasteiger charge is 2.17. The summed E-state index contributed by atoms with van der Waals surface area (Å²) in [5.41, 5.74) is 8.86. The first-order valence-corrected chi connectivity index (χ1v) is 8.28. The summed E-state index contributed by atoms with van der Waals surface area (Å²) < 4.78 is 1.17. The number of nitrogens with zero attached hydrogens (tertiary/aromatic N) is 2. The van der Waals surface area contributed by atoms with Gasteiger partial charge in [0.2, 0.25) is 5.95 Å². The smallest absolute Gasteiger partial charge is 0.220 e. The van der Waals surface area contributed by atoms with Gasteiger partial charge in [0.25, 0.3) is 0 Å². The molecule has 23 heavy (non-hydrogen) atoms. The molecule has 3 nitrogen and oxygen atoms in total. The molecule has 0 saturated heterocycles. The molecule has 0 aliphatic rings. The summed E-state index contributed by atoms with van der Waals surface area (Å²) in [4.78, 5) is 9.45. The summed E-state index contributed by atoms with van der Waals surface area (Å²) in [6, 6.07) is 18.1. The van der Waals surface area contributed by atoms with Crippen LogP contribution >= 0.6 is 22.9 Å². The molecule has 0 aliphatic carbocycles. The Morgan fingerprint density at radius 1 is 1.00 bits per heavy atom. The summed E-state index contributed by atoms with van der Waals surface area (Å²) in [6.45, 7) is 0. The first-order chi connectivity index (χ1) is 11.2. The molecule has 0 spiro atoms. The maximum Gasteiger partial charge on any atom is 0.220 e. The lowest BCUT2D eigenvalue weighted by Crippen LogP contribution is -1.94. The number of hydrogen-bond donors (Lipinski definition) is 1. The van der Waals surface area contributed by atoms with Crippen LogP contribution in [-0.2, 0) is 0 Å². The van der Waals surface area contributed by atoms with E-state index in [1.54, 1.807) is 17.5 Å². The number of nitrogen functional groups attached to an aromatic ring is 1. The Balaban J connectivity index is 2.08. The summed E-state index contributed by atoms with van der Waals surface area (Å²) in [5.74, 6) is 0.275. The molecule has 0 amide bonds. The Morgan fingerprint density at radius 2 is 1.83 bits per heavy atom. The Hall–Kier alpha value is -2.43. The van der Waals surface area contributed by atoms with Crippen molar-refractivity contribution in [2.24, 2.45) is 0 Å². The molecule has 0 bridgehead atoms. The van der Waals surface area contributed by atoms with Gasteiger partial charge in [0.05, 0.1) is 10.6 Å². The van der Waals surface area contributed by atoms with Crippen molar-refractivity contribution in [3.8, 4) is 21.7 Å². The van der Waals surface area contributed by atoms with Crippen molar-refractivity contribution in [3.63, 3.8) is 0 Å². The van der Waals surface area contributed by atoms with Crippen molar-refractivity contribution < 1.29 is 0 Å². The topological polar surface area (TPSA) is 51.8 Å². The van der Waals surface area contributed by atoms with Crippen LogP contribution < -0.4 is 5.73 Å². The van der Waals surface area contributed by atoms with Gasteiger partial charge in [-0.15, -0.1) is 11.3 Å². The molecule has 2 heterocycles. The molecule has 0 saturated carbocycles. The Bertz CT molecular complexity index is 996. The molecule has 4 rings (SSSR count). The lowest BCUT2D eigenvalue weighted by Gasteiger charge is -2.05. The average Bonchev–Trinajstić information content (AvgIpc) is 2.94. The number of rotatable bonds is 2. The number of thiophene rings is 1. The monoisotopic (exact) mass is 337 g/mol. The maximum atomic E-state index is 6.22. The van der Waals surface area contributed by atoms with E-state index in [1.807, 2.05) is 42.5 Å². The van der Waals surface area contributed by atoms with Gasteiger partial charge in [-0.3, -0.25) is 0 Å². The molecule has 0 unspecified atom stereocenters. The van der Waals surface area contributed by atoms with Crippen molar-refractivity contribution in [3.05, 3.63) is 65.8 Å². The molecule has 0 aliphatic heterocycles. The summed E-state index contributed by atoms with van der Waals surface area (Å²) in [5, 5.41) is 1.85. The number of benzene rings is 2. The van der Waals surface area contributed by atoms with Gasteiger partial charge in [0, 0.05) is 26.9 Å². The van der Waals surface area contributed by atoms with E-state index in [0.29, 0.717) is 0 Å². The third-order valence-corrected chi connectivity index (χ3v) is 5.05. The highest BCUT2D eigenvalue weighted by molar-refractivity contribution is 7.23. The minimum Gasteiger partial charge on any atom is -0.368 e. The lowest BCUT2D eigenvalue weighted by molar-refractivity contribution is 1.19. The largest absolute Gasteiger partial charge is 0.368 e. The van der Waals surface area contributed by atoms with Gasteiger partial charge in [-0.1, -0.05) is 41.9 Å². The van der Waals surface area contributed by atoms with E-state index >= 15 is 0 Å².